The van der Waals surface area contributed by atoms with Gasteiger partial charge in [0.05, 0.1) is 0 Å². The number of carbonyl (C=O) groups is 1. The SMILES string of the molecule is COC.COCn1cc(C)cc1C(=O)O. The van der Waals surface area contributed by atoms with E-state index >= 15 is 0 Å². The van der Waals surface area contributed by atoms with Crippen molar-refractivity contribution in [3.63, 3.8) is 0 Å². The Hall–Kier alpha value is -1.33. The number of methoxy groups -OCH3 is 2. The third-order valence-corrected chi connectivity index (χ3v) is 1.52. The molecule has 0 aliphatic rings. The molecule has 0 aromatic carbocycles. The van der Waals surface area contributed by atoms with Crippen molar-refractivity contribution in [1.29, 1.82) is 0 Å². The lowest BCUT2D eigenvalue weighted by atomic mass is 10.3. The molecule has 0 spiro atoms. The van der Waals surface area contributed by atoms with Crippen LogP contribution in [0.25, 0.3) is 0 Å². The number of carboxylic acids is 1. The topological polar surface area (TPSA) is 60.7 Å². The van der Waals surface area contributed by atoms with Crippen LogP contribution in [0.2, 0.25) is 0 Å². The van der Waals surface area contributed by atoms with Gasteiger partial charge in [-0.1, -0.05) is 0 Å². The molecule has 1 aromatic rings. The molecule has 0 aliphatic carbocycles. The molecule has 5 heteroatoms. The zero-order valence-corrected chi connectivity index (χ0v) is 9.48. The van der Waals surface area contributed by atoms with Crippen molar-refractivity contribution in [3.8, 4) is 0 Å². The Bertz CT molecular complexity index is 306. The van der Waals surface area contributed by atoms with Gasteiger partial charge in [-0.25, -0.2) is 4.79 Å². The second kappa shape index (κ2) is 7.03. The highest BCUT2D eigenvalue weighted by atomic mass is 16.5. The maximum absolute atomic E-state index is 10.6. The van der Waals surface area contributed by atoms with E-state index in [0.29, 0.717) is 0 Å². The van der Waals surface area contributed by atoms with Gasteiger partial charge in [0, 0.05) is 27.5 Å². The number of hydrogen-bond acceptors (Lipinski definition) is 3. The molecule has 1 aromatic heterocycles. The Balaban J connectivity index is 0.000000583. The zero-order valence-electron chi connectivity index (χ0n) is 9.48. The molecule has 0 saturated carbocycles. The minimum absolute atomic E-state index is 0.259. The van der Waals surface area contributed by atoms with Crippen molar-refractivity contribution >= 4 is 5.97 Å². The number of aromatic nitrogens is 1. The summed E-state index contributed by atoms with van der Waals surface area (Å²) in [7, 11) is 4.78. The number of aryl methyl sites for hydroxylation is 1. The Kier molecular flexibility index (Phi) is 6.40. The molecule has 1 heterocycles. The van der Waals surface area contributed by atoms with Gasteiger partial charge < -0.3 is 19.1 Å². The van der Waals surface area contributed by atoms with Crippen molar-refractivity contribution in [2.75, 3.05) is 21.3 Å². The van der Waals surface area contributed by atoms with Crippen LogP contribution in [0.1, 0.15) is 16.1 Å². The molecule has 0 unspecified atom stereocenters. The summed E-state index contributed by atoms with van der Waals surface area (Å²) in [6.07, 6.45) is 1.74. The van der Waals surface area contributed by atoms with E-state index in [1.54, 1.807) is 31.0 Å². The zero-order chi connectivity index (χ0) is 11.8. The summed E-state index contributed by atoms with van der Waals surface area (Å²) in [5.74, 6) is -0.930. The maximum Gasteiger partial charge on any atom is 0.352 e. The second-order valence-corrected chi connectivity index (χ2v) is 3.00. The number of rotatable bonds is 3. The monoisotopic (exact) mass is 215 g/mol. The van der Waals surface area contributed by atoms with E-state index in [0.717, 1.165) is 5.56 Å². The maximum atomic E-state index is 10.6. The quantitative estimate of drug-likeness (QED) is 0.827. The average molecular weight is 215 g/mol. The van der Waals surface area contributed by atoms with Crippen molar-refractivity contribution in [1.82, 2.24) is 4.57 Å². The predicted molar refractivity (Wildman–Crippen MR) is 56.1 cm³/mol. The lowest BCUT2D eigenvalue weighted by Gasteiger charge is -2.02. The minimum atomic E-state index is -0.930. The van der Waals surface area contributed by atoms with E-state index in [1.807, 2.05) is 6.92 Å². The fourth-order valence-electron chi connectivity index (χ4n) is 1.08. The van der Waals surface area contributed by atoms with E-state index in [4.69, 9.17) is 9.84 Å². The van der Waals surface area contributed by atoms with Crippen LogP contribution < -0.4 is 0 Å². The van der Waals surface area contributed by atoms with Gasteiger partial charge in [-0.2, -0.15) is 0 Å². The van der Waals surface area contributed by atoms with Crippen molar-refractivity contribution < 1.29 is 19.4 Å². The fraction of sp³-hybridized carbons (Fsp3) is 0.500. The molecule has 0 saturated heterocycles. The molecule has 0 aliphatic heterocycles. The number of carboxylic acid groups (broad SMARTS) is 1. The molecule has 86 valence electrons. The first-order chi connectivity index (χ1) is 7.06. The van der Waals surface area contributed by atoms with Crippen LogP contribution in [0.15, 0.2) is 12.3 Å². The molecule has 0 atom stereocenters. The molecule has 0 bridgehead atoms. The number of hydrogen-bond donors (Lipinski definition) is 1. The summed E-state index contributed by atoms with van der Waals surface area (Å²) >= 11 is 0. The third-order valence-electron chi connectivity index (χ3n) is 1.52. The summed E-state index contributed by atoms with van der Waals surface area (Å²) < 4.78 is 10.6. The molecule has 0 amide bonds. The molecule has 15 heavy (non-hydrogen) atoms. The van der Waals surface area contributed by atoms with Gasteiger partial charge in [-0.05, 0) is 18.6 Å². The first kappa shape index (κ1) is 13.7. The normalized spacial score (nSPS) is 9.33. The molecule has 0 radical (unpaired) electrons. The molecular weight excluding hydrogens is 198 g/mol. The number of nitrogens with zero attached hydrogens (tertiary/aromatic N) is 1. The highest BCUT2D eigenvalue weighted by molar-refractivity contribution is 5.86. The van der Waals surface area contributed by atoms with Crippen LogP contribution in [0.4, 0.5) is 0 Å². The van der Waals surface area contributed by atoms with Crippen LogP contribution in [-0.4, -0.2) is 37.0 Å². The van der Waals surface area contributed by atoms with Crippen LogP contribution >= 0.6 is 0 Å². The lowest BCUT2D eigenvalue weighted by Crippen LogP contribution is -2.08. The first-order valence-electron chi connectivity index (χ1n) is 4.36. The van der Waals surface area contributed by atoms with E-state index < -0.39 is 5.97 Å². The fourth-order valence-corrected chi connectivity index (χ4v) is 1.08. The molecular formula is C10H17NO4. The Morgan fingerprint density at radius 1 is 1.47 bits per heavy atom. The molecule has 1 rings (SSSR count). The van der Waals surface area contributed by atoms with Gasteiger partial charge in [-0.15, -0.1) is 0 Å². The van der Waals surface area contributed by atoms with E-state index in [-0.39, 0.29) is 12.4 Å². The summed E-state index contributed by atoms with van der Waals surface area (Å²) in [6, 6.07) is 1.61. The van der Waals surface area contributed by atoms with Crippen LogP contribution in [-0.2, 0) is 16.2 Å². The summed E-state index contributed by atoms with van der Waals surface area (Å²) in [6.45, 7) is 2.12. The largest absolute Gasteiger partial charge is 0.477 e. The third kappa shape index (κ3) is 4.62. The molecule has 5 nitrogen and oxygen atoms in total. The van der Waals surface area contributed by atoms with Gasteiger partial charge in [0.15, 0.2) is 0 Å². The van der Waals surface area contributed by atoms with E-state index in [1.165, 1.54) is 7.11 Å². The number of ether oxygens (including phenoxy) is 2. The highest BCUT2D eigenvalue weighted by Gasteiger charge is 2.09. The summed E-state index contributed by atoms with van der Waals surface area (Å²) in [4.78, 5) is 10.6. The van der Waals surface area contributed by atoms with Gasteiger partial charge in [-0.3, -0.25) is 0 Å². The standard InChI is InChI=1S/C8H11NO3.C2H6O/c1-6-3-7(8(10)11)9(4-6)5-12-2;1-3-2/h3-4H,5H2,1-2H3,(H,10,11);1-2H3. The van der Waals surface area contributed by atoms with Gasteiger partial charge in [0.2, 0.25) is 0 Å². The van der Waals surface area contributed by atoms with Crippen molar-refractivity contribution in [3.05, 3.63) is 23.5 Å². The second-order valence-electron chi connectivity index (χ2n) is 3.00. The Labute approximate surface area is 89.2 Å². The molecule has 1 N–H and O–H groups in total. The Morgan fingerprint density at radius 3 is 2.40 bits per heavy atom. The average Bonchev–Trinajstić information content (AvgIpc) is 2.49. The van der Waals surface area contributed by atoms with Gasteiger partial charge in [0.25, 0.3) is 0 Å². The summed E-state index contributed by atoms with van der Waals surface area (Å²) in [5, 5.41) is 8.73. The van der Waals surface area contributed by atoms with Crippen molar-refractivity contribution in [2.45, 2.75) is 13.7 Å². The highest BCUT2D eigenvalue weighted by Crippen LogP contribution is 2.07. The summed E-state index contributed by atoms with van der Waals surface area (Å²) in [5.41, 5.74) is 1.18. The first-order valence-corrected chi connectivity index (χ1v) is 4.36. The molecule has 0 fully saturated rings. The number of aromatic carboxylic acids is 1. The van der Waals surface area contributed by atoms with Crippen molar-refractivity contribution in [2.24, 2.45) is 0 Å². The van der Waals surface area contributed by atoms with E-state index in [9.17, 15) is 4.79 Å². The minimum Gasteiger partial charge on any atom is -0.477 e. The Morgan fingerprint density at radius 2 is 2.00 bits per heavy atom. The smallest absolute Gasteiger partial charge is 0.352 e. The van der Waals surface area contributed by atoms with E-state index in [2.05, 4.69) is 4.74 Å². The lowest BCUT2D eigenvalue weighted by molar-refractivity contribution is 0.0661. The predicted octanol–water partition coefficient (Wildman–Crippen LogP) is 1.36. The van der Waals surface area contributed by atoms with Gasteiger partial charge in [0.1, 0.15) is 12.4 Å². The van der Waals surface area contributed by atoms with Crippen LogP contribution in [0, 0.1) is 6.92 Å². The van der Waals surface area contributed by atoms with Gasteiger partial charge >= 0.3 is 5.97 Å². The van der Waals surface area contributed by atoms with Crippen LogP contribution in [0.3, 0.4) is 0 Å². The van der Waals surface area contributed by atoms with Crippen LogP contribution in [0.5, 0.6) is 0 Å².